The van der Waals surface area contributed by atoms with Gasteiger partial charge in [0, 0.05) is 25.8 Å². The Morgan fingerprint density at radius 3 is 2.94 bits per heavy atom. The molecule has 0 unspecified atom stereocenters. The van der Waals surface area contributed by atoms with Crippen LogP contribution in [0.3, 0.4) is 0 Å². The van der Waals surface area contributed by atoms with Gasteiger partial charge in [-0.15, -0.1) is 0 Å². The quantitative estimate of drug-likeness (QED) is 0.862. The number of nitrogens with one attached hydrogen (secondary N) is 1. The molecule has 16 heavy (non-hydrogen) atoms. The first-order chi connectivity index (χ1) is 7.77. The van der Waals surface area contributed by atoms with Crippen molar-refractivity contribution >= 4 is 17.4 Å². The summed E-state index contributed by atoms with van der Waals surface area (Å²) >= 11 is 6.16. The van der Waals surface area contributed by atoms with Crippen molar-refractivity contribution in [1.29, 1.82) is 5.26 Å². The van der Waals surface area contributed by atoms with Crippen LogP contribution >= 0.6 is 11.6 Å². The van der Waals surface area contributed by atoms with Gasteiger partial charge < -0.3 is 10.2 Å². The molecule has 2 heterocycles. The van der Waals surface area contributed by atoms with Crippen LogP contribution in [0.2, 0.25) is 5.02 Å². The smallest absolute Gasteiger partial charge is 0.149 e. The topological polar surface area (TPSA) is 52.0 Å². The second-order valence-electron chi connectivity index (χ2n) is 3.71. The Hall–Kier alpha value is -1.31. The predicted octanol–water partition coefficient (Wildman–Crippen LogP) is 1.40. The third-order valence-corrected chi connectivity index (χ3v) is 3.18. The number of nitriles is 1. The second kappa shape index (κ2) is 4.69. The van der Waals surface area contributed by atoms with Gasteiger partial charge in [0.25, 0.3) is 0 Å². The number of likely N-dealkylation sites (N-methyl/N-ethyl adjacent to an activating group) is 1. The Bertz CT molecular complexity index is 422. The fourth-order valence-electron chi connectivity index (χ4n) is 1.79. The van der Waals surface area contributed by atoms with E-state index in [1.54, 1.807) is 12.3 Å². The summed E-state index contributed by atoms with van der Waals surface area (Å²) < 4.78 is 0. The van der Waals surface area contributed by atoms with Gasteiger partial charge in [0.2, 0.25) is 0 Å². The van der Waals surface area contributed by atoms with E-state index >= 15 is 0 Å². The van der Waals surface area contributed by atoms with Crippen molar-refractivity contribution in [1.82, 2.24) is 10.3 Å². The van der Waals surface area contributed by atoms with Crippen molar-refractivity contribution in [2.75, 3.05) is 24.5 Å². The maximum Gasteiger partial charge on any atom is 0.149 e. The first-order valence-electron chi connectivity index (χ1n) is 5.30. The zero-order valence-electron chi connectivity index (χ0n) is 9.07. The summed E-state index contributed by atoms with van der Waals surface area (Å²) in [5, 5.41) is 12.6. The lowest BCUT2D eigenvalue weighted by Gasteiger charge is -2.38. The van der Waals surface area contributed by atoms with Crippen molar-refractivity contribution in [3.05, 3.63) is 22.8 Å². The predicted molar refractivity (Wildman–Crippen MR) is 63.6 cm³/mol. The van der Waals surface area contributed by atoms with Gasteiger partial charge in [-0.3, -0.25) is 0 Å². The fourth-order valence-corrected chi connectivity index (χ4v) is 2.06. The third-order valence-electron chi connectivity index (χ3n) is 2.80. The van der Waals surface area contributed by atoms with E-state index in [1.807, 2.05) is 0 Å². The lowest BCUT2D eigenvalue weighted by atomic mass is 10.1. The maximum atomic E-state index is 8.91. The molecule has 0 aliphatic carbocycles. The Balaban J connectivity index is 2.34. The third kappa shape index (κ3) is 1.84. The highest BCUT2D eigenvalue weighted by molar-refractivity contribution is 6.34. The van der Waals surface area contributed by atoms with Crippen molar-refractivity contribution < 1.29 is 0 Å². The van der Waals surface area contributed by atoms with Crippen LogP contribution in [0.4, 0.5) is 5.82 Å². The second-order valence-corrected chi connectivity index (χ2v) is 4.08. The monoisotopic (exact) mass is 236 g/mol. The standard InChI is InChI=1S/C11H13ClN4/c1-2-16(9-6-14-7-9)11-10(12)8(5-13)3-4-15-11/h3-4,9,14H,2,6-7H2,1H3. The average Bonchev–Trinajstić information content (AvgIpc) is 2.24. The van der Waals surface area contributed by atoms with Crippen LogP contribution in [0.25, 0.3) is 0 Å². The van der Waals surface area contributed by atoms with Crippen LogP contribution in [0, 0.1) is 11.3 Å². The van der Waals surface area contributed by atoms with Gasteiger partial charge in [-0.05, 0) is 13.0 Å². The van der Waals surface area contributed by atoms with Crippen LogP contribution in [0.15, 0.2) is 12.3 Å². The summed E-state index contributed by atoms with van der Waals surface area (Å²) in [5.41, 5.74) is 0.484. The molecule has 0 aromatic carbocycles. The zero-order chi connectivity index (χ0) is 11.5. The minimum Gasteiger partial charge on any atom is -0.350 e. The molecule has 2 rings (SSSR count). The molecular weight excluding hydrogens is 224 g/mol. The van der Waals surface area contributed by atoms with Crippen LogP contribution in [0.1, 0.15) is 12.5 Å². The van der Waals surface area contributed by atoms with Gasteiger partial charge in [0.1, 0.15) is 16.9 Å². The summed E-state index contributed by atoms with van der Waals surface area (Å²) in [4.78, 5) is 6.41. The molecular formula is C11H13ClN4. The van der Waals surface area contributed by atoms with Crippen molar-refractivity contribution in [2.45, 2.75) is 13.0 Å². The Morgan fingerprint density at radius 1 is 1.69 bits per heavy atom. The molecule has 0 spiro atoms. The van der Waals surface area contributed by atoms with Gasteiger partial charge in [0.05, 0.1) is 11.6 Å². The van der Waals surface area contributed by atoms with Crippen molar-refractivity contribution in [3.8, 4) is 6.07 Å². The molecule has 5 heteroatoms. The van der Waals surface area contributed by atoms with E-state index in [0.717, 1.165) is 25.5 Å². The summed E-state index contributed by atoms with van der Waals surface area (Å²) in [6.07, 6.45) is 1.63. The van der Waals surface area contributed by atoms with E-state index in [0.29, 0.717) is 16.6 Å². The highest BCUT2D eigenvalue weighted by atomic mass is 35.5. The number of nitrogens with zero attached hydrogens (tertiary/aromatic N) is 3. The highest BCUT2D eigenvalue weighted by Gasteiger charge is 2.26. The van der Waals surface area contributed by atoms with Crippen LogP contribution < -0.4 is 10.2 Å². The van der Waals surface area contributed by atoms with Crippen LogP contribution in [0.5, 0.6) is 0 Å². The molecule has 1 saturated heterocycles. The number of rotatable bonds is 3. The molecule has 84 valence electrons. The van der Waals surface area contributed by atoms with E-state index in [1.165, 1.54) is 0 Å². The SMILES string of the molecule is CCN(c1nccc(C#N)c1Cl)C1CNC1. The number of hydrogen-bond donors (Lipinski definition) is 1. The van der Waals surface area contributed by atoms with Gasteiger partial charge >= 0.3 is 0 Å². The summed E-state index contributed by atoms with van der Waals surface area (Å²) in [6, 6.07) is 4.15. The first-order valence-corrected chi connectivity index (χ1v) is 5.67. The number of aromatic nitrogens is 1. The molecule has 1 aromatic heterocycles. The average molecular weight is 237 g/mol. The Kier molecular flexibility index (Phi) is 3.28. The number of halogens is 1. The summed E-state index contributed by atoms with van der Waals surface area (Å²) in [6.45, 7) is 4.80. The van der Waals surface area contributed by atoms with E-state index in [4.69, 9.17) is 16.9 Å². The molecule has 0 radical (unpaired) electrons. The lowest BCUT2D eigenvalue weighted by Crippen LogP contribution is -2.57. The minimum absolute atomic E-state index is 0.434. The molecule has 1 fully saturated rings. The molecule has 4 nitrogen and oxygen atoms in total. The minimum atomic E-state index is 0.434. The van der Waals surface area contributed by atoms with Gasteiger partial charge in [-0.25, -0.2) is 4.98 Å². The number of anilines is 1. The van der Waals surface area contributed by atoms with E-state index in [-0.39, 0.29) is 0 Å². The lowest BCUT2D eigenvalue weighted by molar-refractivity contribution is 0.415. The van der Waals surface area contributed by atoms with Crippen LogP contribution in [-0.2, 0) is 0 Å². The molecule has 1 aromatic rings. The Labute approximate surface area is 99.8 Å². The van der Waals surface area contributed by atoms with Gasteiger partial charge in [-0.2, -0.15) is 5.26 Å². The number of hydrogen-bond acceptors (Lipinski definition) is 4. The molecule has 0 atom stereocenters. The van der Waals surface area contributed by atoms with Crippen molar-refractivity contribution in [3.63, 3.8) is 0 Å². The van der Waals surface area contributed by atoms with Crippen LogP contribution in [-0.4, -0.2) is 30.7 Å². The molecule has 1 N–H and O–H groups in total. The first kappa shape index (κ1) is 11.2. The molecule has 1 aliphatic rings. The zero-order valence-corrected chi connectivity index (χ0v) is 9.83. The molecule has 0 bridgehead atoms. The summed E-state index contributed by atoms with van der Waals surface area (Å²) in [7, 11) is 0. The highest BCUT2D eigenvalue weighted by Crippen LogP contribution is 2.28. The number of pyridine rings is 1. The summed E-state index contributed by atoms with van der Waals surface area (Å²) in [5.74, 6) is 0.717. The fraction of sp³-hybridized carbons (Fsp3) is 0.455. The molecule has 1 aliphatic heterocycles. The van der Waals surface area contributed by atoms with E-state index < -0.39 is 0 Å². The van der Waals surface area contributed by atoms with E-state index in [2.05, 4.69) is 28.2 Å². The molecule has 0 amide bonds. The molecule has 0 saturated carbocycles. The van der Waals surface area contributed by atoms with Gasteiger partial charge in [-0.1, -0.05) is 11.6 Å². The van der Waals surface area contributed by atoms with Crippen molar-refractivity contribution in [2.24, 2.45) is 0 Å². The maximum absolute atomic E-state index is 8.91. The Morgan fingerprint density at radius 2 is 2.44 bits per heavy atom. The normalized spacial score (nSPS) is 15.3. The largest absolute Gasteiger partial charge is 0.350 e. The van der Waals surface area contributed by atoms with E-state index in [9.17, 15) is 0 Å². The van der Waals surface area contributed by atoms with Gasteiger partial charge in [0.15, 0.2) is 0 Å².